The maximum absolute atomic E-state index is 9.84. The summed E-state index contributed by atoms with van der Waals surface area (Å²) >= 11 is 1.62. The molecule has 0 fully saturated rings. The Bertz CT molecular complexity index is 420. The molecule has 2 aromatic rings. The molecule has 1 N–H and O–H groups in total. The van der Waals surface area contributed by atoms with Gasteiger partial charge in [0.1, 0.15) is 0 Å². The van der Waals surface area contributed by atoms with Gasteiger partial charge in [-0.1, -0.05) is 0 Å². The smallest absolute Gasteiger partial charge is 0.193 e. The topological polar surface area (TPSA) is 40.8 Å². The fourth-order valence-electron chi connectivity index (χ4n) is 1.63. The highest BCUT2D eigenvalue weighted by molar-refractivity contribution is 7.15. The van der Waals surface area contributed by atoms with Crippen LogP contribution in [-0.2, 0) is 6.42 Å². The number of aliphatic hydroxyl groups excluding tert-OH is 1. The predicted molar refractivity (Wildman–Crippen MR) is 66.0 cm³/mol. The van der Waals surface area contributed by atoms with E-state index >= 15 is 0 Å². The number of nitrogens with zero attached hydrogens (tertiary/aromatic N) is 3. The second-order valence-electron chi connectivity index (χ2n) is 4.27. The van der Waals surface area contributed by atoms with Gasteiger partial charge < -0.3 is 10.0 Å². The number of hydrogen-bond acceptors (Lipinski definition) is 4. The standard InChI is InChI=1S/C11H17N3OS/c1-13(2)4-3-10(15)7-9-8-14-5-6-16-11(14)12-9/h5-6,8,10,15H,3-4,7H2,1-2H3. The number of aliphatic hydroxyl groups is 1. The molecule has 4 nitrogen and oxygen atoms in total. The monoisotopic (exact) mass is 239 g/mol. The molecule has 0 aliphatic heterocycles. The lowest BCUT2D eigenvalue weighted by Crippen LogP contribution is -2.20. The summed E-state index contributed by atoms with van der Waals surface area (Å²) in [5.74, 6) is 0. The Kier molecular flexibility index (Phi) is 3.58. The number of hydrogen-bond donors (Lipinski definition) is 1. The van der Waals surface area contributed by atoms with Gasteiger partial charge in [-0.25, -0.2) is 4.98 Å². The second kappa shape index (κ2) is 4.95. The fourth-order valence-corrected chi connectivity index (χ4v) is 2.34. The third kappa shape index (κ3) is 2.81. The zero-order chi connectivity index (χ0) is 11.5. The van der Waals surface area contributed by atoms with Crippen molar-refractivity contribution < 1.29 is 5.11 Å². The van der Waals surface area contributed by atoms with Crippen LogP contribution in [0.4, 0.5) is 0 Å². The van der Waals surface area contributed by atoms with Gasteiger partial charge in [0.2, 0.25) is 0 Å². The predicted octanol–water partition coefficient (Wildman–Crippen LogP) is 1.25. The average Bonchev–Trinajstić information content (AvgIpc) is 2.74. The van der Waals surface area contributed by atoms with Crippen molar-refractivity contribution in [1.29, 1.82) is 0 Å². The van der Waals surface area contributed by atoms with Crippen molar-refractivity contribution in [3.63, 3.8) is 0 Å². The Hall–Kier alpha value is -0.910. The van der Waals surface area contributed by atoms with Crippen molar-refractivity contribution in [2.75, 3.05) is 20.6 Å². The quantitative estimate of drug-likeness (QED) is 0.853. The van der Waals surface area contributed by atoms with E-state index in [1.54, 1.807) is 11.3 Å². The Morgan fingerprint density at radius 1 is 1.56 bits per heavy atom. The zero-order valence-electron chi connectivity index (χ0n) is 9.63. The molecule has 88 valence electrons. The van der Waals surface area contributed by atoms with E-state index in [0.717, 1.165) is 23.6 Å². The molecule has 0 aromatic carbocycles. The van der Waals surface area contributed by atoms with Gasteiger partial charge in [0.05, 0.1) is 11.8 Å². The zero-order valence-corrected chi connectivity index (χ0v) is 10.4. The molecule has 0 saturated heterocycles. The van der Waals surface area contributed by atoms with Crippen molar-refractivity contribution in [2.24, 2.45) is 0 Å². The van der Waals surface area contributed by atoms with Crippen LogP contribution in [0.15, 0.2) is 17.8 Å². The molecule has 5 heteroatoms. The van der Waals surface area contributed by atoms with E-state index in [4.69, 9.17) is 0 Å². The Morgan fingerprint density at radius 2 is 2.38 bits per heavy atom. The van der Waals surface area contributed by atoms with Gasteiger partial charge in [-0.05, 0) is 27.1 Å². The number of thiazole rings is 1. The first-order valence-electron chi connectivity index (χ1n) is 5.39. The van der Waals surface area contributed by atoms with Gasteiger partial charge in [0.25, 0.3) is 0 Å². The molecule has 0 bridgehead atoms. The number of aromatic nitrogens is 2. The van der Waals surface area contributed by atoms with E-state index in [9.17, 15) is 5.11 Å². The minimum Gasteiger partial charge on any atom is -0.393 e. The largest absolute Gasteiger partial charge is 0.393 e. The molecule has 2 aromatic heterocycles. The molecule has 1 unspecified atom stereocenters. The summed E-state index contributed by atoms with van der Waals surface area (Å²) in [6, 6.07) is 0. The van der Waals surface area contributed by atoms with Gasteiger partial charge in [-0.3, -0.25) is 4.40 Å². The van der Waals surface area contributed by atoms with Crippen molar-refractivity contribution in [2.45, 2.75) is 18.9 Å². The third-order valence-electron chi connectivity index (χ3n) is 2.50. The summed E-state index contributed by atoms with van der Waals surface area (Å²) in [6.07, 6.45) is 5.11. The minimum atomic E-state index is -0.299. The maximum Gasteiger partial charge on any atom is 0.193 e. The lowest BCUT2D eigenvalue weighted by atomic mass is 10.1. The summed E-state index contributed by atoms with van der Waals surface area (Å²) < 4.78 is 2.00. The lowest BCUT2D eigenvalue weighted by molar-refractivity contribution is 0.151. The van der Waals surface area contributed by atoms with Crippen molar-refractivity contribution in [1.82, 2.24) is 14.3 Å². The fraction of sp³-hybridized carbons (Fsp3) is 0.545. The molecule has 0 aliphatic rings. The average molecular weight is 239 g/mol. The van der Waals surface area contributed by atoms with Crippen LogP contribution in [0.5, 0.6) is 0 Å². The number of rotatable bonds is 5. The first kappa shape index (κ1) is 11.6. The van der Waals surface area contributed by atoms with Gasteiger partial charge in [0.15, 0.2) is 4.96 Å². The van der Waals surface area contributed by atoms with Crippen LogP contribution in [0, 0.1) is 0 Å². The molecule has 0 aliphatic carbocycles. The highest BCUT2D eigenvalue weighted by atomic mass is 32.1. The van der Waals surface area contributed by atoms with E-state index in [1.807, 2.05) is 36.3 Å². The van der Waals surface area contributed by atoms with Crippen LogP contribution in [0.2, 0.25) is 0 Å². The van der Waals surface area contributed by atoms with Crippen LogP contribution in [0.25, 0.3) is 4.96 Å². The van der Waals surface area contributed by atoms with Crippen LogP contribution in [0.1, 0.15) is 12.1 Å². The van der Waals surface area contributed by atoms with E-state index in [-0.39, 0.29) is 6.10 Å². The molecule has 0 amide bonds. The summed E-state index contributed by atoms with van der Waals surface area (Å²) in [5.41, 5.74) is 0.970. The van der Waals surface area contributed by atoms with E-state index in [0.29, 0.717) is 6.42 Å². The van der Waals surface area contributed by atoms with Gasteiger partial charge in [0, 0.05) is 24.2 Å². The molecule has 2 heterocycles. The highest BCUT2D eigenvalue weighted by Crippen LogP contribution is 2.13. The summed E-state index contributed by atoms with van der Waals surface area (Å²) in [7, 11) is 4.03. The molecule has 0 saturated carbocycles. The lowest BCUT2D eigenvalue weighted by Gasteiger charge is -2.13. The Morgan fingerprint density at radius 3 is 3.06 bits per heavy atom. The minimum absolute atomic E-state index is 0.299. The van der Waals surface area contributed by atoms with Crippen molar-refractivity contribution in [3.05, 3.63) is 23.5 Å². The normalized spacial score (nSPS) is 13.8. The van der Waals surface area contributed by atoms with Crippen molar-refractivity contribution >= 4 is 16.3 Å². The third-order valence-corrected chi connectivity index (χ3v) is 3.27. The maximum atomic E-state index is 9.84. The Balaban J connectivity index is 1.91. The second-order valence-corrected chi connectivity index (χ2v) is 5.15. The van der Waals surface area contributed by atoms with E-state index < -0.39 is 0 Å². The van der Waals surface area contributed by atoms with Crippen LogP contribution >= 0.6 is 11.3 Å². The molecule has 1 atom stereocenters. The van der Waals surface area contributed by atoms with Gasteiger partial charge >= 0.3 is 0 Å². The van der Waals surface area contributed by atoms with E-state index in [1.165, 1.54) is 0 Å². The summed E-state index contributed by atoms with van der Waals surface area (Å²) in [6.45, 7) is 0.906. The number of imidazole rings is 1. The molecule has 0 spiro atoms. The summed E-state index contributed by atoms with van der Waals surface area (Å²) in [5, 5.41) is 11.9. The van der Waals surface area contributed by atoms with Gasteiger partial charge in [-0.2, -0.15) is 0 Å². The summed E-state index contributed by atoms with van der Waals surface area (Å²) in [4.78, 5) is 7.52. The van der Waals surface area contributed by atoms with Crippen LogP contribution < -0.4 is 0 Å². The molecular formula is C11H17N3OS. The van der Waals surface area contributed by atoms with E-state index in [2.05, 4.69) is 9.88 Å². The number of fused-ring (bicyclic) bond motifs is 1. The molecule has 16 heavy (non-hydrogen) atoms. The van der Waals surface area contributed by atoms with Crippen molar-refractivity contribution in [3.8, 4) is 0 Å². The SMILES string of the molecule is CN(C)CCC(O)Cc1cn2ccsc2n1. The van der Waals surface area contributed by atoms with Crippen LogP contribution in [-0.4, -0.2) is 46.1 Å². The Labute approximate surface area is 99.2 Å². The molecule has 0 radical (unpaired) electrons. The van der Waals surface area contributed by atoms with Crippen LogP contribution in [0.3, 0.4) is 0 Å². The first-order valence-corrected chi connectivity index (χ1v) is 6.27. The molecule has 2 rings (SSSR count). The van der Waals surface area contributed by atoms with Gasteiger partial charge in [-0.15, -0.1) is 11.3 Å². The first-order chi connectivity index (χ1) is 7.65. The molecular weight excluding hydrogens is 222 g/mol. The highest BCUT2D eigenvalue weighted by Gasteiger charge is 2.09.